The standard InChI is InChI=1S/C23H28N8O2/c1-25-12-19(20(24)22(32)29-15-4-2-3-5-15)31-23(33)21-18(28-16-10-26-13-27-11-16)9-8-17(30-21)14-6-7-14/h8-15,19,24,28H,2-7H2,1H3,(H,29,32)(H,31,33). The van der Waals surface area contributed by atoms with Gasteiger partial charge in [-0.05, 0) is 37.8 Å². The average molecular weight is 449 g/mol. The van der Waals surface area contributed by atoms with Gasteiger partial charge in [0, 0.05) is 30.9 Å². The van der Waals surface area contributed by atoms with Crippen LogP contribution in [-0.2, 0) is 4.79 Å². The molecule has 0 radical (unpaired) electrons. The number of pyridine rings is 1. The summed E-state index contributed by atoms with van der Waals surface area (Å²) >= 11 is 0. The summed E-state index contributed by atoms with van der Waals surface area (Å²) in [6, 6.07) is 2.82. The Balaban J connectivity index is 1.53. The van der Waals surface area contributed by atoms with Gasteiger partial charge in [-0.25, -0.2) is 15.0 Å². The van der Waals surface area contributed by atoms with E-state index in [9.17, 15) is 9.59 Å². The van der Waals surface area contributed by atoms with Crippen molar-refractivity contribution in [2.45, 2.75) is 56.5 Å². The van der Waals surface area contributed by atoms with Crippen molar-refractivity contribution in [3.8, 4) is 0 Å². The van der Waals surface area contributed by atoms with E-state index in [2.05, 4.69) is 35.9 Å². The van der Waals surface area contributed by atoms with Crippen LogP contribution in [0, 0.1) is 5.41 Å². The largest absolute Gasteiger partial charge is 0.351 e. The van der Waals surface area contributed by atoms with Crippen molar-refractivity contribution in [1.82, 2.24) is 25.6 Å². The Kier molecular flexibility index (Phi) is 7.01. The van der Waals surface area contributed by atoms with Gasteiger partial charge in [0.15, 0.2) is 5.69 Å². The molecule has 0 aliphatic heterocycles. The van der Waals surface area contributed by atoms with E-state index in [0.29, 0.717) is 17.3 Å². The highest BCUT2D eigenvalue weighted by molar-refractivity contribution is 6.43. The first-order chi connectivity index (χ1) is 16.0. The molecule has 0 bridgehead atoms. The molecule has 33 heavy (non-hydrogen) atoms. The lowest BCUT2D eigenvalue weighted by Crippen LogP contribution is -2.50. The Hall–Kier alpha value is -3.69. The number of aliphatic imine (C=N–C) groups is 1. The topological polar surface area (TPSA) is 145 Å². The molecule has 10 heteroatoms. The predicted molar refractivity (Wildman–Crippen MR) is 125 cm³/mol. The number of carbonyl (C=O) groups excluding carboxylic acids is 2. The predicted octanol–water partition coefficient (Wildman–Crippen LogP) is 2.37. The molecule has 2 fully saturated rings. The summed E-state index contributed by atoms with van der Waals surface area (Å²) in [5, 5.41) is 17.1. The lowest BCUT2D eigenvalue weighted by molar-refractivity contribution is -0.115. The first kappa shape index (κ1) is 22.5. The van der Waals surface area contributed by atoms with Gasteiger partial charge in [0.1, 0.15) is 18.1 Å². The third-order valence-corrected chi connectivity index (χ3v) is 5.80. The molecule has 4 N–H and O–H groups in total. The Morgan fingerprint density at radius 3 is 2.55 bits per heavy atom. The van der Waals surface area contributed by atoms with Crippen LogP contribution in [0.1, 0.15) is 60.6 Å². The fourth-order valence-electron chi connectivity index (χ4n) is 3.89. The number of amides is 2. The molecule has 1 atom stereocenters. The van der Waals surface area contributed by atoms with Crippen LogP contribution in [0.2, 0.25) is 0 Å². The normalized spacial score (nSPS) is 17.0. The average Bonchev–Trinajstić information content (AvgIpc) is 3.55. The third kappa shape index (κ3) is 5.76. The van der Waals surface area contributed by atoms with Crippen LogP contribution in [-0.4, -0.2) is 57.8 Å². The Labute approximate surface area is 192 Å². The molecule has 10 nitrogen and oxygen atoms in total. The monoisotopic (exact) mass is 448 g/mol. The number of rotatable bonds is 9. The van der Waals surface area contributed by atoms with Crippen molar-refractivity contribution in [2.24, 2.45) is 4.99 Å². The minimum absolute atomic E-state index is 0.0774. The van der Waals surface area contributed by atoms with E-state index in [0.717, 1.165) is 44.2 Å². The Bertz CT molecular complexity index is 1050. The summed E-state index contributed by atoms with van der Waals surface area (Å²) in [6.07, 6.45) is 12.1. The number of hydrogen-bond donors (Lipinski definition) is 4. The van der Waals surface area contributed by atoms with E-state index in [4.69, 9.17) is 5.41 Å². The molecule has 172 valence electrons. The molecule has 2 saturated carbocycles. The van der Waals surface area contributed by atoms with Gasteiger partial charge in [0.25, 0.3) is 11.8 Å². The van der Waals surface area contributed by atoms with Gasteiger partial charge in [0.2, 0.25) is 0 Å². The summed E-state index contributed by atoms with van der Waals surface area (Å²) in [5.74, 6) is -0.638. The minimum Gasteiger partial charge on any atom is -0.351 e. The molecule has 2 aromatic rings. The maximum absolute atomic E-state index is 13.3. The summed E-state index contributed by atoms with van der Waals surface area (Å²) in [7, 11) is 1.54. The van der Waals surface area contributed by atoms with Gasteiger partial charge in [-0.2, -0.15) is 0 Å². The zero-order valence-corrected chi connectivity index (χ0v) is 18.5. The van der Waals surface area contributed by atoms with Crippen LogP contribution < -0.4 is 16.0 Å². The molecule has 2 aromatic heterocycles. The highest BCUT2D eigenvalue weighted by Gasteiger charge is 2.29. The molecule has 2 amide bonds. The summed E-state index contributed by atoms with van der Waals surface area (Å²) in [5.41, 5.74) is 1.88. The van der Waals surface area contributed by atoms with Crippen LogP contribution in [0.3, 0.4) is 0 Å². The second kappa shape index (κ2) is 10.3. The number of hydrogen-bond acceptors (Lipinski definition) is 8. The van der Waals surface area contributed by atoms with Crippen LogP contribution in [0.25, 0.3) is 0 Å². The van der Waals surface area contributed by atoms with E-state index in [-0.39, 0.29) is 17.4 Å². The van der Waals surface area contributed by atoms with Crippen molar-refractivity contribution in [3.05, 3.63) is 42.2 Å². The van der Waals surface area contributed by atoms with Crippen molar-refractivity contribution in [2.75, 3.05) is 12.4 Å². The van der Waals surface area contributed by atoms with Gasteiger partial charge in [-0.3, -0.25) is 20.0 Å². The van der Waals surface area contributed by atoms with E-state index in [1.807, 2.05) is 12.1 Å². The van der Waals surface area contributed by atoms with E-state index in [1.165, 1.54) is 19.6 Å². The molecule has 2 aliphatic rings. The molecule has 2 aliphatic carbocycles. The van der Waals surface area contributed by atoms with Gasteiger partial charge >= 0.3 is 0 Å². The van der Waals surface area contributed by atoms with Crippen LogP contribution in [0.5, 0.6) is 0 Å². The van der Waals surface area contributed by atoms with Gasteiger partial charge < -0.3 is 16.0 Å². The molecule has 0 aromatic carbocycles. The van der Waals surface area contributed by atoms with Crippen LogP contribution >= 0.6 is 0 Å². The SMILES string of the molecule is CN=CC(NC(=O)c1nc(C2CC2)ccc1Nc1cncnc1)C(=N)C(=O)NC1CCCC1. The lowest BCUT2D eigenvalue weighted by Gasteiger charge is -2.19. The van der Waals surface area contributed by atoms with Crippen LogP contribution in [0.15, 0.2) is 35.8 Å². The molecule has 2 heterocycles. The fraction of sp³-hybridized carbons (Fsp3) is 0.435. The van der Waals surface area contributed by atoms with Gasteiger partial charge in [-0.15, -0.1) is 0 Å². The zero-order valence-electron chi connectivity index (χ0n) is 18.5. The Morgan fingerprint density at radius 1 is 1.15 bits per heavy atom. The molecule has 1 unspecified atom stereocenters. The molecule has 0 saturated heterocycles. The second-order valence-corrected chi connectivity index (χ2v) is 8.39. The summed E-state index contributed by atoms with van der Waals surface area (Å²) < 4.78 is 0. The van der Waals surface area contributed by atoms with Crippen molar-refractivity contribution in [3.63, 3.8) is 0 Å². The highest BCUT2D eigenvalue weighted by atomic mass is 16.2. The first-order valence-corrected chi connectivity index (χ1v) is 11.2. The smallest absolute Gasteiger partial charge is 0.272 e. The third-order valence-electron chi connectivity index (χ3n) is 5.80. The first-order valence-electron chi connectivity index (χ1n) is 11.2. The van der Waals surface area contributed by atoms with Gasteiger partial charge in [-0.1, -0.05) is 12.8 Å². The summed E-state index contributed by atoms with van der Waals surface area (Å²) in [6.45, 7) is 0. The minimum atomic E-state index is -0.969. The van der Waals surface area contributed by atoms with Gasteiger partial charge in [0.05, 0.1) is 23.8 Å². The lowest BCUT2D eigenvalue weighted by atomic mass is 10.1. The zero-order chi connectivity index (χ0) is 23.2. The van der Waals surface area contributed by atoms with E-state index < -0.39 is 17.9 Å². The van der Waals surface area contributed by atoms with E-state index >= 15 is 0 Å². The fourth-order valence-corrected chi connectivity index (χ4v) is 3.89. The number of anilines is 2. The number of carbonyl (C=O) groups is 2. The maximum atomic E-state index is 13.3. The summed E-state index contributed by atoms with van der Waals surface area (Å²) in [4.78, 5) is 42.4. The maximum Gasteiger partial charge on any atom is 0.272 e. The Morgan fingerprint density at radius 2 is 1.88 bits per heavy atom. The highest BCUT2D eigenvalue weighted by Crippen LogP contribution is 2.39. The number of nitrogens with one attached hydrogen (secondary N) is 4. The molecular weight excluding hydrogens is 420 g/mol. The number of nitrogens with zero attached hydrogens (tertiary/aromatic N) is 4. The molecule has 0 spiro atoms. The van der Waals surface area contributed by atoms with Crippen molar-refractivity contribution >= 4 is 35.1 Å². The quantitative estimate of drug-likeness (QED) is 0.433. The van der Waals surface area contributed by atoms with Crippen LogP contribution in [0.4, 0.5) is 11.4 Å². The molecule has 4 rings (SSSR count). The van der Waals surface area contributed by atoms with Crippen molar-refractivity contribution < 1.29 is 9.59 Å². The molecular formula is C23H28N8O2. The van der Waals surface area contributed by atoms with E-state index in [1.54, 1.807) is 12.4 Å². The second-order valence-electron chi connectivity index (χ2n) is 8.39. The number of aromatic nitrogens is 3. The van der Waals surface area contributed by atoms with Crippen molar-refractivity contribution in [1.29, 1.82) is 5.41 Å².